The van der Waals surface area contributed by atoms with Crippen molar-refractivity contribution in [3.63, 3.8) is 0 Å². The normalized spacial score (nSPS) is 22.7. The molecule has 0 aromatic heterocycles. The zero-order valence-electron chi connectivity index (χ0n) is 18.1. The van der Waals surface area contributed by atoms with Gasteiger partial charge in [-0.1, -0.05) is 68.2 Å². The van der Waals surface area contributed by atoms with Gasteiger partial charge in [0.1, 0.15) is 0 Å². The fraction of sp³-hybridized carbons (Fsp3) is 0.905. The second-order valence-corrected chi connectivity index (χ2v) is 15.1. The summed E-state index contributed by atoms with van der Waals surface area (Å²) in [7, 11) is -2.49. The first kappa shape index (κ1) is 23.2. The molecule has 5 heteroatoms. The van der Waals surface area contributed by atoms with Crippen LogP contribution in [0.2, 0.25) is 16.1 Å². The largest absolute Gasteiger partial charge is 0.518 e. The molecule has 1 fully saturated rings. The summed E-state index contributed by atoms with van der Waals surface area (Å²) in [5.74, 6) is -1.58. The van der Waals surface area contributed by atoms with Gasteiger partial charge >= 0.3 is 5.97 Å². The maximum atomic E-state index is 13.1. The van der Waals surface area contributed by atoms with Crippen molar-refractivity contribution in [3.8, 4) is 0 Å². The zero-order chi connectivity index (χ0) is 20.3. The summed E-state index contributed by atoms with van der Waals surface area (Å²) in [6, 6.07) is 0. The summed E-state index contributed by atoms with van der Waals surface area (Å²) >= 11 is 0. The molecule has 0 aliphatic heterocycles. The van der Waals surface area contributed by atoms with Crippen LogP contribution in [-0.2, 0) is 14.0 Å². The number of hydrogen-bond acceptors (Lipinski definition) is 3. The molecule has 1 N–H and O–H groups in total. The van der Waals surface area contributed by atoms with Crippen LogP contribution in [0.25, 0.3) is 0 Å². The van der Waals surface area contributed by atoms with Gasteiger partial charge < -0.3 is 9.53 Å². The second kappa shape index (κ2) is 8.90. The van der Waals surface area contributed by atoms with E-state index in [1.54, 1.807) is 0 Å². The summed E-state index contributed by atoms with van der Waals surface area (Å²) < 4.78 is 6.47. The molecule has 0 radical (unpaired) electrons. The fourth-order valence-corrected chi connectivity index (χ4v) is 11.9. The summed E-state index contributed by atoms with van der Waals surface area (Å²) in [5, 5.41) is 9.41. The molecule has 1 rings (SSSR count). The van der Waals surface area contributed by atoms with Gasteiger partial charge in [0, 0.05) is 0 Å². The van der Waals surface area contributed by atoms with Crippen molar-refractivity contribution in [1.29, 1.82) is 0 Å². The van der Waals surface area contributed by atoms with E-state index in [1.807, 2.05) is 0 Å². The third kappa shape index (κ3) is 4.52. The van der Waals surface area contributed by atoms with Crippen LogP contribution in [0.4, 0.5) is 0 Å². The Morgan fingerprint density at radius 2 is 1.58 bits per heavy atom. The highest BCUT2D eigenvalue weighted by molar-refractivity contribution is 6.80. The van der Waals surface area contributed by atoms with Crippen LogP contribution < -0.4 is 0 Å². The van der Waals surface area contributed by atoms with E-state index in [-0.39, 0.29) is 22.1 Å². The number of hydrogen-bond donors (Lipinski definition) is 1. The standard InChI is InChI=1S/C21H40O4Si/c1-9-16(6)13-21(7,8)26(14(2)3,15(4)5)25-20(24)18-12-10-11-17(18)19(22)23/h14-18H,9-13H2,1-8H3,(H,22,23). The molecule has 26 heavy (non-hydrogen) atoms. The number of rotatable bonds is 9. The van der Waals surface area contributed by atoms with Gasteiger partial charge in [0.05, 0.1) is 11.8 Å². The van der Waals surface area contributed by atoms with Gasteiger partial charge in [-0.05, 0) is 41.3 Å². The molecule has 3 atom stereocenters. The number of carbonyl (C=O) groups is 2. The van der Waals surface area contributed by atoms with Crippen LogP contribution in [0, 0.1) is 17.8 Å². The van der Waals surface area contributed by atoms with Crippen LogP contribution in [0.1, 0.15) is 87.5 Å². The first-order chi connectivity index (χ1) is 11.9. The van der Waals surface area contributed by atoms with E-state index in [2.05, 4.69) is 55.4 Å². The van der Waals surface area contributed by atoms with Gasteiger partial charge in [0.25, 0.3) is 14.3 Å². The van der Waals surface area contributed by atoms with E-state index in [9.17, 15) is 14.7 Å². The molecule has 1 aliphatic rings. The Kier molecular flexibility index (Phi) is 7.94. The Balaban J connectivity index is 3.22. The fourth-order valence-electron chi connectivity index (χ4n) is 5.56. The van der Waals surface area contributed by atoms with Crippen molar-refractivity contribution in [2.24, 2.45) is 17.8 Å². The number of carbonyl (C=O) groups excluding carboxylic acids is 1. The van der Waals surface area contributed by atoms with Crippen LogP contribution >= 0.6 is 0 Å². The van der Waals surface area contributed by atoms with Crippen LogP contribution in [-0.4, -0.2) is 25.4 Å². The molecule has 1 saturated carbocycles. The lowest BCUT2D eigenvalue weighted by atomic mass is 9.96. The van der Waals surface area contributed by atoms with E-state index in [0.717, 1.165) is 19.3 Å². The topological polar surface area (TPSA) is 63.6 Å². The lowest BCUT2D eigenvalue weighted by Crippen LogP contribution is -2.56. The van der Waals surface area contributed by atoms with Crippen molar-refractivity contribution in [3.05, 3.63) is 0 Å². The first-order valence-corrected chi connectivity index (χ1v) is 12.4. The van der Waals surface area contributed by atoms with Gasteiger partial charge in [-0.2, -0.15) is 0 Å². The third-order valence-corrected chi connectivity index (χ3v) is 13.0. The van der Waals surface area contributed by atoms with Gasteiger partial charge in [0.2, 0.25) is 0 Å². The Morgan fingerprint density at radius 1 is 1.08 bits per heavy atom. The Bertz CT molecular complexity index is 490. The highest BCUT2D eigenvalue weighted by atomic mass is 28.4. The van der Waals surface area contributed by atoms with Crippen molar-refractivity contribution < 1.29 is 19.1 Å². The molecular formula is C21H40O4Si. The van der Waals surface area contributed by atoms with E-state index in [4.69, 9.17) is 4.43 Å². The predicted octanol–water partition coefficient (Wildman–Crippen LogP) is 6.01. The van der Waals surface area contributed by atoms with Crippen LogP contribution in [0.15, 0.2) is 0 Å². The van der Waals surface area contributed by atoms with Crippen LogP contribution in [0.5, 0.6) is 0 Å². The summed E-state index contributed by atoms with van der Waals surface area (Å²) in [6.07, 6.45) is 4.17. The molecule has 4 nitrogen and oxygen atoms in total. The molecule has 0 spiro atoms. The third-order valence-electron chi connectivity index (χ3n) is 6.73. The molecule has 0 saturated heterocycles. The van der Waals surface area contributed by atoms with Crippen molar-refractivity contribution in [2.45, 2.75) is 104 Å². The van der Waals surface area contributed by atoms with Gasteiger partial charge in [-0.25, -0.2) is 0 Å². The SMILES string of the molecule is CCC(C)CC(C)(C)[Si](OC(=O)C1CCCC1C(=O)O)(C(C)C)C(C)C. The maximum absolute atomic E-state index is 13.1. The smallest absolute Gasteiger partial charge is 0.307 e. The number of carboxylic acid groups (broad SMARTS) is 1. The minimum Gasteiger partial charge on any atom is -0.518 e. The minimum absolute atomic E-state index is 0.0578. The summed E-state index contributed by atoms with van der Waals surface area (Å²) in [4.78, 5) is 24.7. The summed E-state index contributed by atoms with van der Waals surface area (Å²) in [6.45, 7) is 17.7. The van der Waals surface area contributed by atoms with E-state index >= 15 is 0 Å². The summed E-state index contributed by atoms with van der Waals surface area (Å²) in [5.41, 5.74) is 0.574. The lowest BCUT2D eigenvalue weighted by Gasteiger charge is -2.50. The predicted molar refractivity (Wildman–Crippen MR) is 109 cm³/mol. The monoisotopic (exact) mass is 384 g/mol. The van der Waals surface area contributed by atoms with Gasteiger partial charge in [-0.3, -0.25) is 9.59 Å². The molecule has 0 bridgehead atoms. The number of aliphatic carboxylic acids is 1. The van der Waals surface area contributed by atoms with Gasteiger partial charge in [0.15, 0.2) is 0 Å². The van der Waals surface area contributed by atoms with Crippen molar-refractivity contribution >= 4 is 20.3 Å². The molecule has 3 unspecified atom stereocenters. The average Bonchev–Trinajstić information content (AvgIpc) is 3.00. The van der Waals surface area contributed by atoms with Crippen molar-refractivity contribution in [2.75, 3.05) is 0 Å². The average molecular weight is 385 g/mol. The van der Waals surface area contributed by atoms with Crippen LogP contribution in [0.3, 0.4) is 0 Å². The molecule has 0 aromatic rings. The Labute approximate surface area is 161 Å². The van der Waals surface area contributed by atoms with E-state index in [1.165, 1.54) is 0 Å². The zero-order valence-corrected chi connectivity index (χ0v) is 19.1. The molecule has 0 heterocycles. The van der Waals surface area contributed by atoms with Crippen molar-refractivity contribution in [1.82, 2.24) is 0 Å². The lowest BCUT2D eigenvalue weighted by molar-refractivity contribution is -0.151. The highest BCUT2D eigenvalue weighted by Gasteiger charge is 2.57. The van der Waals surface area contributed by atoms with Gasteiger partial charge in [-0.15, -0.1) is 0 Å². The highest BCUT2D eigenvalue weighted by Crippen LogP contribution is 2.55. The molecule has 0 aromatic carbocycles. The second-order valence-electron chi connectivity index (χ2n) is 9.61. The molecule has 1 aliphatic carbocycles. The number of carboxylic acids is 1. The quantitative estimate of drug-likeness (QED) is 0.494. The maximum Gasteiger partial charge on any atom is 0.307 e. The van der Waals surface area contributed by atoms with E-state index < -0.39 is 26.1 Å². The molecular weight excluding hydrogens is 344 g/mol. The minimum atomic E-state index is -2.49. The Morgan fingerprint density at radius 3 is 2.00 bits per heavy atom. The Hall–Kier alpha value is -0.843. The van der Waals surface area contributed by atoms with E-state index in [0.29, 0.717) is 18.8 Å². The molecule has 152 valence electrons. The first-order valence-electron chi connectivity index (χ1n) is 10.4. The molecule has 0 amide bonds.